The van der Waals surface area contributed by atoms with Gasteiger partial charge in [0.1, 0.15) is 5.82 Å². The van der Waals surface area contributed by atoms with E-state index >= 15 is 0 Å². The number of aliphatic imine (C=N–C) groups is 1. The molecule has 0 radical (unpaired) electrons. The summed E-state index contributed by atoms with van der Waals surface area (Å²) in [6.45, 7) is 3.84. The number of nitrogens with zero attached hydrogens (tertiary/aromatic N) is 2. The lowest BCUT2D eigenvalue weighted by Gasteiger charge is -2.23. The highest BCUT2D eigenvalue weighted by Gasteiger charge is 2.15. The summed E-state index contributed by atoms with van der Waals surface area (Å²) >= 11 is 0. The largest absolute Gasteiger partial charge is 0.357 e. The Morgan fingerprint density at radius 2 is 1.92 bits per heavy atom. The second kappa shape index (κ2) is 10.8. The molecule has 1 aliphatic carbocycles. The van der Waals surface area contributed by atoms with Gasteiger partial charge in [0, 0.05) is 32.6 Å². The average Bonchev–Trinajstić information content (AvgIpc) is 2.63. The van der Waals surface area contributed by atoms with E-state index in [1.54, 1.807) is 12.1 Å². The van der Waals surface area contributed by atoms with Gasteiger partial charge in [-0.05, 0) is 37.5 Å². The van der Waals surface area contributed by atoms with Crippen LogP contribution in [0.5, 0.6) is 0 Å². The fraction of sp³-hybridized carbons (Fsp3) is 0.600. The number of carbonyl (C=O) groups is 1. The molecule has 144 valence electrons. The van der Waals surface area contributed by atoms with E-state index in [0.717, 1.165) is 30.9 Å². The van der Waals surface area contributed by atoms with Crippen molar-refractivity contribution in [3.63, 3.8) is 0 Å². The maximum atomic E-state index is 13.0. The zero-order valence-corrected chi connectivity index (χ0v) is 15.9. The van der Waals surface area contributed by atoms with Crippen molar-refractivity contribution in [3.8, 4) is 0 Å². The maximum absolute atomic E-state index is 13.0. The Labute approximate surface area is 156 Å². The SMILES string of the molecule is CCNC(=NCCC(=O)NC1CCCCC1)N(C)Cc1ccc(F)cc1. The van der Waals surface area contributed by atoms with Gasteiger partial charge < -0.3 is 15.5 Å². The van der Waals surface area contributed by atoms with E-state index < -0.39 is 0 Å². The Bertz CT molecular complexity index is 582. The van der Waals surface area contributed by atoms with Crippen molar-refractivity contribution >= 4 is 11.9 Å². The number of carbonyl (C=O) groups excluding carboxylic acids is 1. The molecule has 6 heteroatoms. The van der Waals surface area contributed by atoms with Gasteiger partial charge in [-0.15, -0.1) is 0 Å². The summed E-state index contributed by atoms with van der Waals surface area (Å²) in [5.41, 5.74) is 1.01. The van der Waals surface area contributed by atoms with E-state index in [0.29, 0.717) is 25.6 Å². The van der Waals surface area contributed by atoms with Gasteiger partial charge in [0.2, 0.25) is 5.91 Å². The molecule has 26 heavy (non-hydrogen) atoms. The second-order valence-corrected chi connectivity index (χ2v) is 6.87. The third-order valence-corrected chi connectivity index (χ3v) is 4.60. The molecule has 0 atom stereocenters. The molecule has 0 saturated heterocycles. The number of rotatable bonds is 7. The molecule has 0 aliphatic heterocycles. The molecule has 0 bridgehead atoms. The Balaban J connectivity index is 1.82. The van der Waals surface area contributed by atoms with E-state index in [4.69, 9.17) is 0 Å². The van der Waals surface area contributed by atoms with Gasteiger partial charge in [-0.1, -0.05) is 31.4 Å². The molecule has 2 N–H and O–H groups in total. The maximum Gasteiger partial charge on any atom is 0.222 e. The molecule has 0 heterocycles. The summed E-state index contributed by atoms with van der Waals surface area (Å²) in [5, 5.41) is 6.36. The minimum atomic E-state index is -0.235. The number of amides is 1. The lowest BCUT2D eigenvalue weighted by atomic mass is 9.95. The molecular weight excluding hydrogens is 331 g/mol. The average molecular weight is 362 g/mol. The number of hydrogen-bond donors (Lipinski definition) is 2. The quantitative estimate of drug-likeness (QED) is 0.579. The van der Waals surface area contributed by atoms with Crippen LogP contribution in [0.25, 0.3) is 0 Å². The third-order valence-electron chi connectivity index (χ3n) is 4.60. The van der Waals surface area contributed by atoms with Crippen molar-refractivity contribution < 1.29 is 9.18 Å². The zero-order chi connectivity index (χ0) is 18.8. The fourth-order valence-electron chi connectivity index (χ4n) is 3.22. The van der Waals surface area contributed by atoms with E-state index in [1.807, 2.05) is 18.9 Å². The van der Waals surface area contributed by atoms with Gasteiger partial charge in [0.25, 0.3) is 0 Å². The molecule has 2 rings (SSSR count). The van der Waals surface area contributed by atoms with Crippen LogP contribution in [0.1, 0.15) is 51.0 Å². The van der Waals surface area contributed by atoms with E-state index in [2.05, 4.69) is 15.6 Å². The van der Waals surface area contributed by atoms with Crippen molar-refractivity contribution in [1.29, 1.82) is 0 Å². The minimum Gasteiger partial charge on any atom is -0.357 e. The highest BCUT2D eigenvalue weighted by atomic mass is 19.1. The molecule has 0 aromatic heterocycles. The standard InChI is InChI=1S/C20H31FN4O/c1-3-22-20(25(2)15-16-9-11-17(21)12-10-16)23-14-13-19(26)24-18-7-5-4-6-8-18/h9-12,18H,3-8,13-15H2,1-2H3,(H,22,23)(H,24,26). The predicted octanol–water partition coefficient (Wildman–Crippen LogP) is 3.06. The summed E-state index contributed by atoms with van der Waals surface area (Å²) in [4.78, 5) is 18.6. The van der Waals surface area contributed by atoms with Crippen molar-refractivity contribution in [2.45, 2.75) is 58.0 Å². The first-order valence-corrected chi connectivity index (χ1v) is 9.61. The molecule has 1 saturated carbocycles. The Morgan fingerprint density at radius 1 is 1.23 bits per heavy atom. The second-order valence-electron chi connectivity index (χ2n) is 6.87. The first-order valence-electron chi connectivity index (χ1n) is 9.61. The Kier molecular flexibility index (Phi) is 8.38. The van der Waals surface area contributed by atoms with E-state index in [-0.39, 0.29) is 11.7 Å². The lowest BCUT2D eigenvalue weighted by Crippen LogP contribution is -2.39. The van der Waals surface area contributed by atoms with Gasteiger partial charge in [-0.2, -0.15) is 0 Å². The Morgan fingerprint density at radius 3 is 2.58 bits per heavy atom. The fourth-order valence-corrected chi connectivity index (χ4v) is 3.22. The molecule has 5 nitrogen and oxygen atoms in total. The summed E-state index contributed by atoms with van der Waals surface area (Å²) in [7, 11) is 1.94. The first kappa shape index (κ1) is 20.2. The Hall–Kier alpha value is -2.11. The van der Waals surface area contributed by atoms with E-state index in [1.165, 1.54) is 31.4 Å². The number of halogens is 1. The monoisotopic (exact) mass is 362 g/mol. The number of benzene rings is 1. The molecule has 1 aromatic carbocycles. The van der Waals surface area contributed by atoms with Crippen LogP contribution in [0, 0.1) is 5.82 Å². The molecule has 1 amide bonds. The molecule has 0 spiro atoms. The number of hydrogen-bond acceptors (Lipinski definition) is 2. The van der Waals surface area contributed by atoms with Crippen LogP contribution in [-0.4, -0.2) is 42.9 Å². The zero-order valence-electron chi connectivity index (χ0n) is 15.9. The van der Waals surface area contributed by atoms with Crippen LogP contribution in [0.2, 0.25) is 0 Å². The summed E-state index contributed by atoms with van der Waals surface area (Å²) in [6.07, 6.45) is 6.29. The minimum absolute atomic E-state index is 0.0812. The van der Waals surface area contributed by atoms with Crippen molar-refractivity contribution in [2.75, 3.05) is 20.1 Å². The van der Waals surface area contributed by atoms with Crippen molar-refractivity contribution in [1.82, 2.24) is 15.5 Å². The van der Waals surface area contributed by atoms with Gasteiger partial charge in [0.15, 0.2) is 5.96 Å². The van der Waals surface area contributed by atoms with Crippen molar-refractivity contribution in [3.05, 3.63) is 35.6 Å². The molecule has 1 fully saturated rings. The number of guanidine groups is 1. The van der Waals surface area contributed by atoms with Crippen LogP contribution in [0.4, 0.5) is 4.39 Å². The normalized spacial score (nSPS) is 15.6. The van der Waals surface area contributed by atoms with Gasteiger partial charge in [0.05, 0.1) is 6.54 Å². The molecular formula is C20H31FN4O. The van der Waals surface area contributed by atoms with Crippen LogP contribution in [-0.2, 0) is 11.3 Å². The molecule has 1 aromatic rings. The third kappa shape index (κ3) is 7.02. The van der Waals surface area contributed by atoms with Crippen LogP contribution in [0.15, 0.2) is 29.3 Å². The molecule has 0 unspecified atom stereocenters. The number of nitrogens with one attached hydrogen (secondary N) is 2. The summed E-state index contributed by atoms with van der Waals surface area (Å²) < 4.78 is 13.0. The van der Waals surface area contributed by atoms with Crippen LogP contribution < -0.4 is 10.6 Å². The smallest absolute Gasteiger partial charge is 0.222 e. The van der Waals surface area contributed by atoms with E-state index in [9.17, 15) is 9.18 Å². The first-order chi connectivity index (χ1) is 12.6. The highest BCUT2D eigenvalue weighted by Crippen LogP contribution is 2.17. The highest BCUT2D eigenvalue weighted by molar-refractivity contribution is 5.80. The summed E-state index contributed by atoms with van der Waals surface area (Å²) in [6, 6.07) is 6.81. The summed E-state index contributed by atoms with van der Waals surface area (Å²) in [5.74, 6) is 0.598. The lowest BCUT2D eigenvalue weighted by molar-refractivity contribution is -0.121. The molecule has 1 aliphatic rings. The van der Waals surface area contributed by atoms with Crippen molar-refractivity contribution in [2.24, 2.45) is 4.99 Å². The van der Waals surface area contributed by atoms with Gasteiger partial charge in [-0.25, -0.2) is 4.39 Å². The predicted molar refractivity (Wildman–Crippen MR) is 103 cm³/mol. The van der Waals surface area contributed by atoms with Gasteiger partial charge >= 0.3 is 0 Å². The van der Waals surface area contributed by atoms with Crippen LogP contribution in [0.3, 0.4) is 0 Å². The topological polar surface area (TPSA) is 56.7 Å². The van der Waals surface area contributed by atoms with Gasteiger partial charge in [-0.3, -0.25) is 9.79 Å². The van der Waals surface area contributed by atoms with Crippen LogP contribution >= 0.6 is 0 Å².